The van der Waals surface area contributed by atoms with Crippen molar-refractivity contribution in [3.8, 4) is 0 Å². The van der Waals surface area contributed by atoms with Crippen LogP contribution in [-0.2, 0) is 0 Å². The fraction of sp³-hybridized carbons (Fsp3) is 0.538. The Morgan fingerprint density at radius 3 is 2.47 bits per heavy atom. The molecule has 0 amide bonds. The number of nitrogens with zero attached hydrogens (tertiary/aromatic N) is 2. The van der Waals surface area contributed by atoms with E-state index in [1.807, 2.05) is 12.1 Å². The van der Waals surface area contributed by atoms with Gasteiger partial charge < -0.3 is 21.3 Å². The maximum atomic E-state index is 5.87. The van der Waals surface area contributed by atoms with Gasteiger partial charge in [0, 0.05) is 24.3 Å². The molecule has 1 saturated heterocycles. The smallest absolute Gasteiger partial charge is 0.0568 e. The molecule has 0 saturated carbocycles. The SMILES string of the molecule is C[C@H]1CC(N(C)C)CN1c1ccc(N)c(N)c1. The topological polar surface area (TPSA) is 58.5 Å². The number of hydrogen-bond donors (Lipinski definition) is 2. The Morgan fingerprint density at radius 2 is 1.94 bits per heavy atom. The Kier molecular flexibility index (Phi) is 3.15. The Balaban J connectivity index is 2.20. The van der Waals surface area contributed by atoms with Gasteiger partial charge in [0.25, 0.3) is 0 Å². The lowest BCUT2D eigenvalue weighted by Gasteiger charge is -2.25. The molecule has 0 bridgehead atoms. The van der Waals surface area contributed by atoms with Gasteiger partial charge in [0.15, 0.2) is 0 Å². The van der Waals surface area contributed by atoms with Gasteiger partial charge in [-0.3, -0.25) is 0 Å². The highest BCUT2D eigenvalue weighted by Gasteiger charge is 2.30. The number of rotatable bonds is 2. The average molecular weight is 234 g/mol. The minimum Gasteiger partial charge on any atom is -0.397 e. The molecule has 4 N–H and O–H groups in total. The molecule has 1 aliphatic heterocycles. The van der Waals surface area contributed by atoms with Crippen molar-refractivity contribution in [3.05, 3.63) is 18.2 Å². The average Bonchev–Trinajstić information content (AvgIpc) is 2.65. The van der Waals surface area contributed by atoms with Crippen molar-refractivity contribution in [2.45, 2.75) is 25.4 Å². The summed E-state index contributed by atoms with van der Waals surface area (Å²) in [7, 11) is 4.27. The van der Waals surface area contributed by atoms with Gasteiger partial charge in [-0.25, -0.2) is 0 Å². The van der Waals surface area contributed by atoms with E-state index in [4.69, 9.17) is 11.5 Å². The summed E-state index contributed by atoms with van der Waals surface area (Å²) in [5.41, 5.74) is 14.1. The monoisotopic (exact) mass is 234 g/mol. The van der Waals surface area contributed by atoms with Gasteiger partial charge >= 0.3 is 0 Å². The van der Waals surface area contributed by atoms with Crippen molar-refractivity contribution < 1.29 is 0 Å². The van der Waals surface area contributed by atoms with Crippen LogP contribution in [-0.4, -0.2) is 37.6 Å². The molecule has 0 aliphatic carbocycles. The van der Waals surface area contributed by atoms with Gasteiger partial charge in [-0.05, 0) is 45.6 Å². The van der Waals surface area contributed by atoms with E-state index in [2.05, 4.69) is 36.9 Å². The molecule has 1 aromatic carbocycles. The first-order valence-electron chi connectivity index (χ1n) is 6.07. The van der Waals surface area contributed by atoms with Crippen molar-refractivity contribution in [2.75, 3.05) is 37.0 Å². The zero-order valence-corrected chi connectivity index (χ0v) is 10.9. The van der Waals surface area contributed by atoms with E-state index in [0.717, 1.165) is 6.54 Å². The molecule has 17 heavy (non-hydrogen) atoms. The molecule has 2 atom stereocenters. The van der Waals surface area contributed by atoms with Crippen LogP contribution in [0.4, 0.5) is 17.1 Å². The molecule has 1 aliphatic rings. The maximum absolute atomic E-state index is 5.87. The summed E-state index contributed by atoms with van der Waals surface area (Å²) in [6.45, 7) is 3.31. The summed E-state index contributed by atoms with van der Waals surface area (Å²) in [5.74, 6) is 0. The van der Waals surface area contributed by atoms with E-state index >= 15 is 0 Å². The Hall–Kier alpha value is -1.42. The standard InChI is InChI=1S/C13H22N4/c1-9-6-11(16(2)3)8-17(9)10-4-5-12(14)13(15)7-10/h4-5,7,9,11H,6,8,14-15H2,1-3H3/t9-,11?/m0/s1. The molecule has 1 heterocycles. The maximum Gasteiger partial charge on any atom is 0.0568 e. The van der Waals surface area contributed by atoms with Gasteiger partial charge in [-0.2, -0.15) is 0 Å². The third-order valence-electron chi connectivity index (χ3n) is 3.69. The van der Waals surface area contributed by atoms with Crippen LogP contribution in [0.1, 0.15) is 13.3 Å². The van der Waals surface area contributed by atoms with E-state index < -0.39 is 0 Å². The van der Waals surface area contributed by atoms with E-state index in [1.54, 1.807) is 0 Å². The van der Waals surface area contributed by atoms with Crippen molar-refractivity contribution in [3.63, 3.8) is 0 Å². The molecule has 1 aromatic rings. The van der Waals surface area contributed by atoms with Gasteiger partial charge in [0.1, 0.15) is 0 Å². The van der Waals surface area contributed by atoms with Crippen LogP contribution >= 0.6 is 0 Å². The molecule has 0 aromatic heterocycles. The van der Waals surface area contributed by atoms with Crippen LogP contribution in [0, 0.1) is 0 Å². The van der Waals surface area contributed by atoms with Crippen molar-refractivity contribution in [2.24, 2.45) is 0 Å². The second-order valence-electron chi connectivity index (χ2n) is 5.17. The Labute approximate surface area is 103 Å². The number of hydrogen-bond acceptors (Lipinski definition) is 4. The van der Waals surface area contributed by atoms with Crippen LogP contribution in [0.3, 0.4) is 0 Å². The zero-order valence-electron chi connectivity index (χ0n) is 10.9. The molecule has 4 heteroatoms. The Morgan fingerprint density at radius 1 is 1.24 bits per heavy atom. The van der Waals surface area contributed by atoms with Crippen molar-refractivity contribution >= 4 is 17.1 Å². The van der Waals surface area contributed by atoms with Crippen LogP contribution in [0.15, 0.2) is 18.2 Å². The van der Waals surface area contributed by atoms with E-state index in [0.29, 0.717) is 23.5 Å². The number of nitrogens with two attached hydrogens (primary N) is 2. The van der Waals surface area contributed by atoms with Crippen LogP contribution in [0.2, 0.25) is 0 Å². The minimum absolute atomic E-state index is 0.547. The first kappa shape index (κ1) is 12.0. The molecule has 1 unspecified atom stereocenters. The van der Waals surface area contributed by atoms with Crippen LogP contribution < -0.4 is 16.4 Å². The lowest BCUT2D eigenvalue weighted by Crippen LogP contribution is -2.32. The largest absolute Gasteiger partial charge is 0.397 e. The highest BCUT2D eigenvalue weighted by Crippen LogP contribution is 2.30. The van der Waals surface area contributed by atoms with E-state index in [9.17, 15) is 0 Å². The molecular formula is C13H22N4. The lowest BCUT2D eigenvalue weighted by molar-refractivity contribution is 0.311. The highest BCUT2D eigenvalue weighted by molar-refractivity contribution is 5.70. The number of nitrogen functional groups attached to an aromatic ring is 2. The molecule has 2 rings (SSSR count). The molecule has 94 valence electrons. The number of benzene rings is 1. The Bertz CT molecular complexity index is 402. The quantitative estimate of drug-likeness (QED) is 0.759. The number of anilines is 3. The van der Waals surface area contributed by atoms with Crippen LogP contribution in [0.25, 0.3) is 0 Å². The molecule has 4 nitrogen and oxygen atoms in total. The second-order valence-corrected chi connectivity index (χ2v) is 5.17. The molecule has 1 fully saturated rings. The lowest BCUT2D eigenvalue weighted by atomic mass is 10.2. The predicted octanol–water partition coefficient (Wildman–Crippen LogP) is 1.38. The third kappa shape index (κ3) is 2.31. The first-order chi connectivity index (χ1) is 7.99. The second kappa shape index (κ2) is 4.45. The normalized spacial score (nSPS) is 24.6. The third-order valence-corrected chi connectivity index (χ3v) is 3.69. The summed E-state index contributed by atoms with van der Waals surface area (Å²) < 4.78 is 0. The fourth-order valence-corrected chi connectivity index (χ4v) is 2.48. The van der Waals surface area contributed by atoms with Gasteiger partial charge in [-0.1, -0.05) is 0 Å². The summed E-state index contributed by atoms with van der Waals surface area (Å²) in [6.07, 6.45) is 1.19. The fourth-order valence-electron chi connectivity index (χ4n) is 2.48. The molecule has 0 spiro atoms. The summed E-state index contributed by atoms with van der Waals surface area (Å²) in [4.78, 5) is 4.69. The summed E-state index contributed by atoms with van der Waals surface area (Å²) >= 11 is 0. The summed E-state index contributed by atoms with van der Waals surface area (Å²) in [6, 6.07) is 7.08. The summed E-state index contributed by atoms with van der Waals surface area (Å²) in [5, 5.41) is 0. The highest BCUT2D eigenvalue weighted by atomic mass is 15.3. The van der Waals surface area contributed by atoms with Crippen molar-refractivity contribution in [1.82, 2.24) is 4.90 Å². The first-order valence-corrected chi connectivity index (χ1v) is 6.07. The number of likely N-dealkylation sites (N-methyl/N-ethyl adjacent to an activating group) is 1. The van der Waals surface area contributed by atoms with Crippen LogP contribution in [0.5, 0.6) is 0 Å². The minimum atomic E-state index is 0.547. The van der Waals surface area contributed by atoms with Gasteiger partial charge in [0.05, 0.1) is 11.4 Å². The van der Waals surface area contributed by atoms with E-state index in [1.165, 1.54) is 12.1 Å². The zero-order chi connectivity index (χ0) is 12.6. The van der Waals surface area contributed by atoms with Crippen molar-refractivity contribution in [1.29, 1.82) is 0 Å². The van der Waals surface area contributed by atoms with Gasteiger partial charge in [0.2, 0.25) is 0 Å². The van der Waals surface area contributed by atoms with Gasteiger partial charge in [-0.15, -0.1) is 0 Å². The molecular weight excluding hydrogens is 212 g/mol. The predicted molar refractivity (Wildman–Crippen MR) is 74.2 cm³/mol. The molecule has 0 radical (unpaired) electrons. The van der Waals surface area contributed by atoms with E-state index in [-0.39, 0.29) is 0 Å².